The van der Waals surface area contributed by atoms with E-state index in [9.17, 15) is 9.59 Å². The van der Waals surface area contributed by atoms with Crippen molar-refractivity contribution in [2.75, 3.05) is 7.05 Å². The Labute approximate surface area is 125 Å². The summed E-state index contributed by atoms with van der Waals surface area (Å²) in [5, 5.41) is 3.52. The van der Waals surface area contributed by atoms with Gasteiger partial charge in [0.15, 0.2) is 0 Å². The molecule has 0 spiro atoms. The Morgan fingerprint density at radius 2 is 1.95 bits per heavy atom. The normalized spacial score (nSPS) is 27.9. The first kappa shape index (κ1) is 14.3. The van der Waals surface area contributed by atoms with Gasteiger partial charge in [0.2, 0.25) is 11.8 Å². The van der Waals surface area contributed by atoms with E-state index in [1.54, 1.807) is 7.05 Å². The van der Waals surface area contributed by atoms with Crippen LogP contribution in [0.5, 0.6) is 0 Å². The Morgan fingerprint density at radius 3 is 2.71 bits per heavy atom. The van der Waals surface area contributed by atoms with Crippen LogP contribution in [0.3, 0.4) is 0 Å². The molecule has 2 unspecified atom stereocenters. The summed E-state index contributed by atoms with van der Waals surface area (Å²) in [6.07, 6.45) is 2.04. The summed E-state index contributed by atoms with van der Waals surface area (Å²) in [4.78, 5) is 25.1. The van der Waals surface area contributed by atoms with E-state index < -0.39 is 0 Å². The van der Waals surface area contributed by atoms with Gasteiger partial charge >= 0.3 is 0 Å². The topological polar surface area (TPSA) is 49.4 Å². The van der Waals surface area contributed by atoms with Crippen LogP contribution in [0, 0.1) is 5.41 Å². The summed E-state index contributed by atoms with van der Waals surface area (Å²) in [5.74, 6) is -0.185. The SMILES string of the molecule is CN1C(=O)CCC(NC2c3ccccc3CC2(C)C)C1=O. The summed E-state index contributed by atoms with van der Waals surface area (Å²) in [6.45, 7) is 4.46. The molecule has 1 saturated heterocycles. The largest absolute Gasteiger partial charge is 0.298 e. The number of likely N-dealkylation sites (N-methyl/N-ethyl adjacent to an activating group) is 1. The zero-order valence-electron chi connectivity index (χ0n) is 12.8. The minimum absolute atomic E-state index is 0.0734. The number of likely N-dealkylation sites (tertiary alicyclic amines) is 1. The molecular weight excluding hydrogens is 264 g/mol. The van der Waals surface area contributed by atoms with Gasteiger partial charge in [0.05, 0.1) is 6.04 Å². The van der Waals surface area contributed by atoms with Gasteiger partial charge in [0, 0.05) is 19.5 Å². The summed E-state index contributed by atoms with van der Waals surface area (Å²) in [7, 11) is 1.58. The van der Waals surface area contributed by atoms with Crippen LogP contribution in [0.25, 0.3) is 0 Å². The van der Waals surface area contributed by atoms with Crippen molar-refractivity contribution < 1.29 is 9.59 Å². The maximum Gasteiger partial charge on any atom is 0.246 e. The zero-order chi connectivity index (χ0) is 15.2. The molecule has 1 fully saturated rings. The molecule has 4 heteroatoms. The smallest absolute Gasteiger partial charge is 0.246 e. The molecule has 1 aliphatic heterocycles. The highest BCUT2D eigenvalue weighted by atomic mass is 16.2. The third-order valence-electron chi connectivity index (χ3n) is 4.81. The highest BCUT2D eigenvalue weighted by molar-refractivity contribution is 6.00. The number of piperidine rings is 1. The Morgan fingerprint density at radius 1 is 1.24 bits per heavy atom. The fourth-order valence-electron chi connectivity index (χ4n) is 3.58. The monoisotopic (exact) mass is 286 g/mol. The fourth-order valence-corrected chi connectivity index (χ4v) is 3.58. The van der Waals surface area contributed by atoms with Crippen molar-refractivity contribution in [3.8, 4) is 0 Å². The highest BCUT2D eigenvalue weighted by Crippen LogP contribution is 2.45. The maximum absolute atomic E-state index is 12.3. The number of hydrogen-bond acceptors (Lipinski definition) is 3. The van der Waals surface area contributed by atoms with Crippen LogP contribution in [0.1, 0.15) is 43.9 Å². The quantitative estimate of drug-likeness (QED) is 0.847. The van der Waals surface area contributed by atoms with Gasteiger partial charge in [-0.15, -0.1) is 0 Å². The Balaban J connectivity index is 1.84. The number of carbonyl (C=O) groups is 2. The average molecular weight is 286 g/mol. The molecule has 1 heterocycles. The Kier molecular flexibility index (Phi) is 3.36. The van der Waals surface area contributed by atoms with Crippen LogP contribution in [0.2, 0.25) is 0 Å². The van der Waals surface area contributed by atoms with E-state index in [1.807, 2.05) is 6.07 Å². The van der Waals surface area contributed by atoms with Crippen LogP contribution >= 0.6 is 0 Å². The molecule has 0 saturated carbocycles. The number of carbonyl (C=O) groups excluding carboxylic acids is 2. The van der Waals surface area contributed by atoms with Gasteiger partial charge in [-0.2, -0.15) is 0 Å². The summed E-state index contributed by atoms with van der Waals surface area (Å²) < 4.78 is 0. The molecular formula is C17H22N2O2. The molecule has 21 heavy (non-hydrogen) atoms. The number of nitrogens with zero attached hydrogens (tertiary/aromatic N) is 1. The number of benzene rings is 1. The van der Waals surface area contributed by atoms with Gasteiger partial charge in [0.25, 0.3) is 0 Å². The van der Waals surface area contributed by atoms with Gasteiger partial charge in [-0.1, -0.05) is 38.1 Å². The molecule has 4 nitrogen and oxygen atoms in total. The lowest BCUT2D eigenvalue weighted by molar-refractivity contribution is -0.148. The van der Waals surface area contributed by atoms with Crippen LogP contribution < -0.4 is 5.32 Å². The molecule has 2 atom stereocenters. The van der Waals surface area contributed by atoms with E-state index in [1.165, 1.54) is 16.0 Å². The second kappa shape index (κ2) is 4.95. The number of amides is 2. The van der Waals surface area contributed by atoms with E-state index >= 15 is 0 Å². The zero-order valence-corrected chi connectivity index (χ0v) is 12.8. The Bertz CT molecular complexity index is 594. The second-order valence-corrected chi connectivity index (χ2v) is 6.85. The van der Waals surface area contributed by atoms with Gasteiger partial charge < -0.3 is 0 Å². The molecule has 3 rings (SSSR count). The number of fused-ring (bicyclic) bond motifs is 1. The first-order valence-corrected chi connectivity index (χ1v) is 7.54. The van der Waals surface area contributed by atoms with E-state index in [0.717, 1.165) is 6.42 Å². The Hall–Kier alpha value is -1.68. The average Bonchev–Trinajstić information content (AvgIpc) is 2.70. The molecule has 0 aromatic heterocycles. The van der Waals surface area contributed by atoms with Crippen molar-refractivity contribution in [2.45, 2.75) is 45.2 Å². The first-order chi connectivity index (χ1) is 9.90. The van der Waals surface area contributed by atoms with Gasteiger partial charge in [-0.05, 0) is 29.4 Å². The molecule has 1 aliphatic carbocycles. The van der Waals surface area contributed by atoms with Crippen LogP contribution in [-0.4, -0.2) is 29.8 Å². The molecule has 112 valence electrons. The summed E-state index contributed by atoms with van der Waals surface area (Å²) >= 11 is 0. The standard InChI is InChI=1S/C17H22N2O2/c1-17(2)10-11-6-4-5-7-12(11)15(17)18-13-8-9-14(20)19(3)16(13)21/h4-7,13,15,18H,8-10H2,1-3H3. The van der Waals surface area contributed by atoms with E-state index in [2.05, 4.69) is 37.4 Å². The summed E-state index contributed by atoms with van der Waals surface area (Å²) in [5.41, 5.74) is 2.71. The highest BCUT2D eigenvalue weighted by Gasteiger charge is 2.42. The number of imide groups is 1. The second-order valence-electron chi connectivity index (χ2n) is 6.85. The third-order valence-corrected chi connectivity index (χ3v) is 4.81. The van der Waals surface area contributed by atoms with Gasteiger partial charge in [0.1, 0.15) is 0 Å². The number of rotatable bonds is 2. The molecule has 2 aliphatic rings. The predicted molar refractivity (Wildman–Crippen MR) is 80.6 cm³/mol. The van der Waals surface area contributed by atoms with Crippen LogP contribution in [-0.2, 0) is 16.0 Å². The molecule has 1 aromatic rings. The molecule has 0 bridgehead atoms. The molecule has 1 N–H and O–H groups in total. The molecule has 0 radical (unpaired) electrons. The van der Waals surface area contributed by atoms with Crippen molar-refractivity contribution in [2.24, 2.45) is 5.41 Å². The van der Waals surface area contributed by atoms with Crippen LogP contribution in [0.4, 0.5) is 0 Å². The minimum atomic E-state index is -0.261. The van der Waals surface area contributed by atoms with E-state index in [-0.39, 0.29) is 29.3 Å². The predicted octanol–water partition coefficient (Wildman–Crippen LogP) is 2.05. The van der Waals surface area contributed by atoms with Gasteiger partial charge in [-0.3, -0.25) is 19.8 Å². The van der Waals surface area contributed by atoms with E-state index in [4.69, 9.17) is 0 Å². The first-order valence-electron chi connectivity index (χ1n) is 7.54. The molecule has 1 aromatic carbocycles. The van der Waals surface area contributed by atoms with E-state index in [0.29, 0.717) is 12.8 Å². The molecule has 2 amide bonds. The van der Waals surface area contributed by atoms with Crippen molar-refractivity contribution in [1.29, 1.82) is 0 Å². The summed E-state index contributed by atoms with van der Waals surface area (Å²) in [6, 6.07) is 8.32. The number of nitrogens with one attached hydrogen (secondary N) is 1. The third kappa shape index (κ3) is 2.38. The minimum Gasteiger partial charge on any atom is -0.298 e. The number of hydrogen-bond donors (Lipinski definition) is 1. The maximum atomic E-state index is 12.3. The van der Waals surface area contributed by atoms with Crippen molar-refractivity contribution in [1.82, 2.24) is 10.2 Å². The van der Waals surface area contributed by atoms with Crippen molar-refractivity contribution in [3.05, 3.63) is 35.4 Å². The van der Waals surface area contributed by atoms with Crippen LogP contribution in [0.15, 0.2) is 24.3 Å². The fraction of sp³-hybridized carbons (Fsp3) is 0.529. The van der Waals surface area contributed by atoms with Crippen molar-refractivity contribution in [3.63, 3.8) is 0 Å². The van der Waals surface area contributed by atoms with Crippen molar-refractivity contribution >= 4 is 11.8 Å². The lowest BCUT2D eigenvalue weighted by Crippen LogP contribution is -2.53. The lowest BCUT2D eigenvalue weighted by atomic mass is 9.84. The lowest BCUT2D eigenvalue weighted by Gasteiger charge is -2.35. The van der Waals surface area contributed by atoms with Gasteiger partial charge in [-0.25, -0.2) is 0 Å².